The van der Waals surface area contributed by atoms with Crippen LogP contribution in [0.15, 0.2) is 35.4 Å². The molecule has 1 heterocycles. The van der Waals surface area contributed by atoms with Gasteiger partial charge < -0.3 is 4.98 Å². The molecule has 0 saturated carbocycles. The maximum absolute atomic E-state index is 12.0. The van der Waals surface area contributed by atoms with Gasteiger partial charge in [-0.25, -0.2) is 18.1 Å². The highest BCUT2D eigenvalue weighted by Crippen LogP contribution is 2.09. The second-order valence-electron chi connectivity index (χ2n) is 4.45. The van der Waals surface area contributed by atoms with Crippen molar-refractivity contribution in [3.05, 3.63) is 47.5 Å². The number of benzene rings is 1. The third kappa shape index (κ3) is 3.65. The van der Waals surface area contributed by atoms with E-state index in [4.69, 9.17) is 0 Å². The van der Waals surface area contributed by atoms with Gasteiger partial charge in [0.15, 0.2) is 0 Å². The van der Waals surface area contributed by atoms with Crippen molar-refractivity contribution in [2.75, 3.05) is 6.54 Å². The Morgan fingerprint density at radius 2 is 1.89 bits per heavy atom. The molecule has 0 aliphatic heterocycles. The number of hydrogen-bond acceptors (Lipinski definition) is 3. The summed E-state index contributed by atoms with van der Waals surface area (Å²) in [6.07, 6.45) is 2.31. The van der Waals surface area contributed by atoms with Gasteiger partial charge in [0.25, 0.3) is 0 Å². The summed E-state index contributed by atoms with van der Waals surface area (Å²) in [6.45, 7) is 4.13. The van der Waals surface area contributed by atoms with Gasteiger partial charge in [-0.3, -0.25) is 0 Å². The fourth-order valence-electron chi connectivity index (χ4n) is 1.72. The molecule has 2 aromatic rings. The van der Waals surface area contributed by atoms with Gasteiger partial charge in [-0.15, -0.1) is 0 Å². The van der Waals surface area contributed by atoms with Crippen LogP contribution >= 0.6 is 0 Å². The van der Waals surface area contributed by atoms with E-state index in [9.17, 15) is 8.42 Å². The quantitative estimate of drug-likeness (QED) is 0.872. The van der Waals surface area contributed by atoms with Gasteiger partial charge in [-0.05, 0) is 26.0 Å². The Hall–Kier alpha value is -1.66. The van der Waals surface area contributed by atoms with Gasteiger partial charge >= 0.3 is 0 Å². The number of nitrogens with one attached hydrogen (secondary N) is 2. The van der Waals surface area contributed by atoms with Crippen molar-refractivity contribution < 1.29 is 8.42 Å². The summed E-state index contributed by atoms with van der Waals surface area (Å²) in [6, 6.07) is 6.79. The number of rotatable bonds is 5. The van der Waals surface area contributed by atoms with Gasteiger partial charge in [0.2, 0.25) is 10.0 Å². The lowest BCUT2D eigenvalue weighted by molar-refractivity contribution is 0.581. The lowest BCUT2D eigenvalue weighted by Crippen LogP contribution is -2.26. The zero-order chi connectivity index (χ0) is 13.9. The van der Waals surface area contributed by atoms with Crippen LogP contribution in [0.1, 0.15) is 17.1 Å². The van der Waals surface area contributed by atoms with Gasteiger partial charge in [0.05, 0.1) is 4.90 Å². The van der Waals surface area contributed by atoms with Crippen molar-refractivity contribution in [2.45, 2.75) is 25.2 Å². The molecule has 102 valence electrons. The topological polar surface area (TPSA) is 74.8 Å². The molecule has 0 unspecified atom stereocenters. The predicted molar refractivity (Wildman–Crippen MR) is 73.4 cm³/mol. The Labute approximate surface area is 113 Å². The maximum atomic E-state index is 12.0. The lowest BCUT2D eigenvalue weighted by Gasteiger charge is -2.06. The summed E-state index contributed by atoms with van der Waals surface area (Å²) >= 11 is 0. The van der Waals surface area contributed by atoms with Crippen LogP contribution in [0.25, 0.3) is 0 Å². The van der Waals surface area contributed by atoms with Crippen molar-refractivity contribution >= 4 is 10.0 Å². The SMILES string of the molecule is Cc1ccc(S(=O)(=O)NCCc2cnc(C)[nH]2)cc1. The van der Waals surface area contributed by atoms with Crippen LogP contribution in [0.5, 0.6) is 0 Å². The predicted octanol–water partition coefficient (Wildman–Crippen LogP) is 1.55. The molecular weight excluding hydrogens is 262 g/mol. The third-order valence-corrected chi connectivity index (χ3v) is 4.25. The summed E-state index contributed by atoms with van der Waals surface area (Å²) < 4.78 is 26.6. The van der Waals surface area contributed by atoms with Crippen LogP contribution in [-0.2, 0) is 16.4 Å². The van der Waals surface area contributed by atoms with E-state index in [2.05, 4.69) is 14.7 Å². The van der Waals surface area contributed by atoms with Crippen molar-refractivity contribution in [3.63, 3.8) is 0 Å². The number of imidazole rings is 1. The normalized spacial score (nSPS) is 11.7. The lowest BCUT2D eigenvalue weighted by atomic mass is 10.2. The molecule has 0 radical (unpaired) electrons. The van der Waals surface area contributed by atoms with E-state index in [1.807, 2.05) is 13.8 Å². The van der Waals surface area contributed by atoms with Crippen molar-refractivity contribution in [3.8, 4) is 0 Å². The van der Waals surface area contributed by atoms with Crippen LogP contribution in [0.3, 0.4) is 0 Å². The number of sulfonamides is 1. The Bertz CT molecular complexity index is 645. The van der Waals surface area contributed by atoms with Crippen molar-refractivity contribution in [1.82, 2.24) is 14.7 Å². The summed E-state index contributed by atoms with van der Waals surface area (Å²) in [5.41, 5.74) is 1.95. The maximum Gasteiger partial charge on any atom is 0.240 e. The molecule has 5 nitrogen and oxygen atoms in total. The number of H-pyrrole nitrogens is 1. The summed E-state index contributed by atoms with van der Waals surface area (Å²) in [4.78, 5) is 7.42. The van der Waals surface area contributed by atoms with E-state index in [1.54, 1.807) is 30.5 Å². The smallest absolute Gasteiger partial charge is 0.240 e. The van der Waals surface area contributed by atoms with Gasteiger partial charge in [0, 0.05) is 24.9 Å². The van der Waals surface area contributed by atoms with Crippen LogP contribution in [-0.4, -0.2) is 24.9 Å². The molecule has 2 N–H and O–H groups in total. The Morgan fingerprint density at radius 1 is 1.21 bits per heavy atom. The standard InChI is InChI=1S/C13H17N3O2S/c1-10-3-5-13(6-4-10)19(17,18)15-8-7-12-9-14-11(2)16-12/h3-6,9,15H,7-8H2,1-2H3,(H,14,16). The number of nitrogens with zero attached hydrogens (tertiary/aromatic N) is 1. The highest BCUT2D eigenvalue weighted by atomic mass is 32.2. The minimum absolute atomic E-state index is 0.291. The third-order valence-electron chi connectivity index (χ3n) is 2.77. The fraction of sp³-hybridized carbons (Fsp3) is 0.308. The van der Waals surface area contributed by atoms with Gasteiger partial charge in [0.1, 0.15) is 5.82 Å². The molecule has 0 saturated heterocycles. The first-order valence-corrected chi connectivity index (χ1v) is 7.52. The van der Waals surface area contributed by atoms with E-state index < -0.39 is 10.0 Å². The first-order chi connectivity index (χ1) is 8.97. The molecular formula is C13H17N3O2S. The number of aromatic amines is 1. The molecule has 0 amide bonds. The highest BCUT2D eigenvalue weighted by molar-refractivity contribution is 7.89. The summed E-state index contributed by atoms with van der Waals surface area (Å²) in [5, 5.41) is 0. The summed E-state index contributed by atoms with van der Waals surface area (Å²) in [5.74, 6) is 0.830. The second kappa shape index (κ2) is 5.54. The molecule has 2 rings (SSSR count). The van der Waals surface area contributed by atoms with E-state index in [-0.39, 0.29) is 0 Å². The molecule has 0 aliphatic carbocycles. The fourth-order valence-corrected chi connectivity index (χ4v) is 2.75. The van der Waals surface area contributed by atoms with Gasteiger partial charge in [-0.2, -0.15) is 0 Å². The Kier molecular flexibility index (Phi) is 4.01. The number of aryl methyl sites for hydroxylation is 2. The average Bonchev–Trinajstić information content (AvgIpc) is 2.75. The molecule has 19 heavy (non-hydrogen) atoms. The van der Waals surface area contributed by atoms with E-state index >= 15 is 0 Å². The first kappa shape index (κ1) is 13.8. The van der Waals surface area contributed by atoms with Crippen LogP contribution < -0.4 is 4.72 Å². The van der Waals surface area contributed by atoms with Crippen LogP contribution in [0, 0.1) is 13.8 Å². The zero-order valence-electron chi connectivity index (χ0n) is 11.0. The number of aromatic nitrogens is 2. The molecule has 6 heteroatoms. The van der Waals surface area contributed by atoms with Crippen LogP contribution in [0.4, 0.5) is 0 Å². The van der Waals surface area contributed by atoms with Crippen molar-refractivity contribution in [1.29, 1.82) is 0 Å². The average molecular weight is 279 g/mol. The van der Waals surface area contributed by atoms with Gasteiger partial charge in [-0.1, -0.05) is 17.7 Å². The Balaban J connectivity index is 1.96. The highest BCUT2D eigenvalue weighted by Gasteiger charge is 2.12. The minimum atomic E-state index is -3.42. The molecule has 0 aliphatic rings. The zero-order valence-corrected chi connectivity index (χ0v) is 11.8. The monoisotopic (exact) mass is 279 g/mol. The van der Waals surface area contributed by atoms with Crippen LogP contribution in [0.2, 0.25) is 0 Å². The summed E-state index contributed by atoms with van der Waals surface area (Å²) in [7, 11) is -3.42. The van der Waals surface area contributed by atoms with Crippen molar-refractivity contribution in [2.24, 2.45) is 0 Å². The molecule has 0 fully saturated rings. The van der Waals surface area contributed by atoms with E-state index in [0.29, 0.717) is 17.9 Å². The molecule has 1 aromatic carbocycles. The second-order valence-corrected chi connectivity index (χ2v) is 6.22. The Morgan fingerprint density at radius 3 is 2.47 bits per heavy atom. The minimum Gasteiger partial charge on any atom is -0.346 e. The molecule has 0 atom stereocenters. The van der Waals surface area contributed by atoms with E-state index in [0.717, 1.165) is 17.1 Å². The van der Waals surface area contributed by atoms with E-state index in [1.165, 1.54) is 0 Å². The molecule has 0 spiro atoms. The first-order valence-electron chi connectivity index (χ1n) is 6.04. The largest absolute Gasteiger partial charge is 0.346 e. The molecule has 0 bridgehead atoms. The number of hydrogen-bond donors (Lipinski definition) is 2. The molecule has 1 aromatic heterocycles.